The Morgan fingerprint density at radius 3 is 2.90 bits per heavy atom. The van der Waals surface area contributed by atoms with Crippen molar-refractivity contribution in [1.29, 1.82) is 0 Å². The van der Waals surface area contributed by atoms with E-state index in [9.17, 15) is 9.00 Å². The average Bonchev–Trinajstić information content (AvgIpc) is 3.38. The molecule has 0 saturated carbocycles. The second-order valence-electron chi connectivity index (χ2n) is 6.94. The van der Waals surface area contributed by atoms with Gasteiger partial charge in [-0.3, -0.25) is 9.00 Å². The van der Waals surface area contributed by atoms with Gasteiger partial charge in [0.15, 0.2) is 5.76 Å². The largest absolute Gasteiger partial charge is 0.462 e. The van der Waals surface area contributed by atoms with Crippen molar-refractivity contribution in [3.63, 3.8) is 0 Å². The number of hydrogen-bond donors (Lipinski definition) is 1. The lowest BCUT2D eigenvalue weighted by molar-refractivity contribution is 0.0991. The lowest BCUT2D eigenvalue weighted by Crippen LogP contribution is -2.25. The van der Waals surface area contributed by atoms with Crippen LogP contribution in [0.3, 0.4) is 0 Å². The number of thiazole rings is 1. The molecule has 0 radical (unpaired) electrons. The first-order chi connectivity index (χ1) is 14.1. The molecule has 8 heteroatoms. The van der Waals surface area contributed by atoms with E-state index in [0.29, 0.717) is 36.0 Å². The molecular weight excluding hydrogens is 408 g/mol. The van der Waals surface area contributed by atoms with Gasteiger partial charge in [-0.2, -0.15) is 0 Å². The molecule has 152 valence electrons. The molecule has 1 unspecified atom stereocenters. The maximum absolute atomic E-state index is 12.6. The number of hydrogen-bond acceptors (Lipinski definition) is 6. The SMILES string of the molecule is Cc1nc(-c2cc(C(=O)Nc3cccc(CS(=O)C4CCOCC4)c3)co2)cs1. The summed E-state index contributed by atoms with van der Waals surface area (Å²) in [6.45, 7) is 3.28. The van der Waals surface area contributed by atoms with Crippen molar-refractivity contribution in [3.8, 4) is 11.5 Å². The summed E-state index contributed by atoms with van der Waals surface area (Å²) in [7, 11) is -0.944. The van der Waals surface area contributed by atoms with Gasteiger partial charge in [0.2, 0.25) is 0 Å². The van der Waals surface area contributed by atoms with E-state index >= 15 is 0 Å². The molecule has 1 aliphatic rings. The molecule has 1 saturated heterocycles. The van der Waals surface area contributed by atoms with Gasteiger partial charge in [0.1, 0.15) is 12.0 Å². The number of aryl methyl sites for hydroxylation is 1. The molecule has 1 amide bonds. The van der Waals surface area contributed by atoms with Crippen LogP contribution in [-0.4, -0.2) is 33.6 Å². The number of carbonyl (C=O) groups is 1. The molecule has 1 N–H and O–H groups in total. The Balaban J connectivity index is 1.40. The zero-order chi connectivity index (χ0) is 20.2. The molecule has 29 heavy (non-hydrogen) atoms. The number of rotatable bonds is 6. The summed E-state index contributed by atoms with van der Waals surface area (Å²) in [4.78, 5) is 17.0. The van der Waals surface area contributed by atoms with E-state index in [0.717, 1.165) is 29.1 Å². The zero-order valence-corrected chi connectivity index (χ0v) is 17.7. The number of nitrogens with one attached hydrogen (secondary N) is 1. The van der Waals surface area contributed by atoms with E-state index in [-0.39, 0.29) is 11.2 Å². The Labute approximate surface area is 175 Å². The monoisotopic (exact) mass is 430 g/mol. The van der Waals surface area contributed by atoms with Gasteiger partial charge in [-0.1, -0.05) is 12.1 Å². The lowest BCUT2D eigenvalue weighted by Gasteiger charge is -2.21. The number of ether oxygens (including phenoxy) is 1. The Morgan fingerprint density at radius 1 is 1.31 bits per heavy atom. The van der Waals surface area contributed by atoms with Crippen LogP contribution in [0.5, 0.6) is 0 Å². The second-order valence-corrected chi connectivity index (χ2v) is 9.72. The fourth-order valence-electron chi connectivity index (χ4n) is 3.23. The number of nitrogens with zero attached hydrogens (tertiary/aromatic N) is 1. The normalized spacial score (nSPS) is 15.9. The number of furan rings is 1. The van der Waals surface area contributed by atoms with Gasteiger partial charge >= 0.3 is 0 Å². The third-order valence-corrected chi connectivity index (χ3v) is 7.37. The molecule has 1 aromatic carbocycles. The van der Waals surface area contributed by atoms with Gasteiger partial charge < -0.3 is 14.5 Å². The molecular formula is C21H22N2O4S2. The van der Waals surface area contributed by atoms with Crippen LogP contribution in [0, 0.1) is 6.92 Å². The van der Waals surface area contributed by atoms with Crippen molar-refractivity contribution >= 4 is 33.7 Å². The minimum atomic E-state index is -0.944. The Bertz CT molecular complexity index is 1020. The predicted octanol–water partition coefficient (Wildman–Crippen LogP) is 4.39. The topological polar surface area (TPSA) is 81.4 Å². The highest BCUT2D eigenvalue weighted by atomic mass is 32.2. The Morgan fingerprint density at radius 2 is 2.14 bits per heavy atom. The molecule has 1 atom stereocenters. The van der Waals surface area contributed by atoms with Crippen LogP contribution in [0.25, 0.3) is 11.5 Å². The van der Waals surface area contributed by atoms with Crippen molar-refractivity contribution < 1.29 is 18.2 Å². The van der Waals surface area contributed by atoms with E-state index in [2.05, 4.69) is 10.3 Å². The summed E-state index contributed by atoms with van der Waals surface area (Å²) in [5.41, 5.74) is 2.77. The van der Waals surface area contributed by atoms with Crippen molar-refractivity contribution in [2.45, 2.75) is 30.8 Å². The van der Waals surface area contributed by atoms with Crippen LogP contribution >= 0.6 is 11.3 Å². The van der Waals surface area contributed by atoms with Crippen LogP contribution in [0.1, 0.15) is 33.8 Å². The number of amides is 1. The Hall–Kier alpha value is -2.29. The molecule has 1 aliphatic heterocycles. The number of anilines is 1. The smallest absolute Gasteiger partial charge is 0.258 e. The quantitative estimate of drug-likeness (QED) is 0.627. The average molecular weight is 431 g/mol. The molecule has 0 bridgehead atoms. The minimum Gasteiger partial charge on any atom is -0.462 e. The number of benzene rings is 1. The molecule has 4 rings (SSSR count). The molecule has 0 spiro atoms. The van der Waals surface area contributed by atoms with Gasteiger partial charge in [-0.15, -0.1) is 11.3 Å². The molecule has 3 heterocycles. The summed E-state index contributed by atoms with van der Waals surface area (Å²) < 4.78 is 23.5. The van der Waals surface area contributed by atoms with Gasteiger partial charge in [0.05, 0.1) is 10.6 Å². The molecule has 0 aliphatic carbocycles. The van der Waals surface area contributed by atoms with E-state index in [1.165, 1.54) is 17.6 Å². The van der Waals surface area contributed by atoms with Crippen LogP contribution in [0.4, 0.5) is 5.69 Å². The van der Waals surface area contributed by atoms with Crippen LogP contribution in [-0.2, 0) is 21.3 Å². The maximum atomic E-state index is 12.6. The van der Waals surface area contributed by atoms with Crippen molar-refractivity contribution in [2.24, 2.45) is 0 Å². The van der Waals surface area contributed by atoms with Crippen molar-refractivity contribution in [2.75, 3.05) is 18.5 Å². The first kappa shape index (κ1) is 20.0. The molecule has 6 nitrogen and oxygen atoms in total. The van der Waals surface area contributed by atoms with E-state index < -0.39 is 10.8 Å². The van der Waals surface area contributed by atoms with Crippen LogP contribution in [0.15, 0.2) is 46.4 Å². The second kappa shape index (κ2) is 9.02. The highest BCUT2D eigenvalue weighted by molar-refractivity contribution is 7.84. The fraction of sp³-hybridized carbons (Fsp3) is 0.333. The standard InChI is InChI=1S/C21H22N2O4S2/c1-14-22-19(12-28-14)20-10-16(11-27-20)21(24)23-17-4-2-3-15(9-17)13-29(25)18-5-7-26-8-6-18/h2-4,9-12,18H,5-8,13H2,1H3,(H,23,24). The predicted molar refractivity (Wildman–Crippen MR) is 115 cm³/mol. The number of aromatic nitrogens is 1. The molecule has 3 aromatic rings. The highest BCUT2D eigenvalue weighted by Gasteiger charge is 2.20. The van der Waals surface area contributed by atoms with E-state index in [4.69, 9.17) is 9.15 Å². The van der Waals surface area contributed by atoms with Gasteiger partial charge in [-0.25, -0.2) is 4.98 Å². The molecule has 1 fully saturated rings. The minimum absolute atomic E-state index is 0.181. The first-order valence-corrected chi connectivity index (χ1v) is 11.7. The van der Waals surface area contributed by atoms with E-state index in [1.807, 2.05) is 36.6 Å². The van der Waals surface area contributed by atoms with Crippen LogP contribution < -0.4 is 5.32 Å². The van der Waals surface area contributed by atoms with Crippen molar-refractivity contribution in [3.05, 3.63) is 58.1 Å². The Kier molecular flexibility index (Phi) is 6.22. The summed E-state index contributed by atoms with van der Waals surface area (Å²) in [6.07, 6.45) is 3.11. The lowest BCUT2D eigenvalue weighted by atomic mass is 10.2. The maximum Gasteiger partial charge on any atom is 0.258 e. The zero-order valence-electron chi connectivity index (χ0n) is 16.1. The van der Waals surface area contributed by atoms with Crippen LogP contribution in [0.2, 0.25) is 0 Å². The van der Waals surface area contributed by atoms with Gasteiger partial charge in [0.25, 0.3) is 5.91 Å². The molecule has 2 aromatic heterocycles. The highest BCUT2D eigenvalue weighted by Crippen LogP contribution is 2.24. The third-order valence-electron chi connectivity index (χ3n) is 4.77. The van der Waals surface area contributed by atoms with Gasteiger partial charge in [0, 0.05) is 46.1 Å². The summed E-state index contributed by atoms with van der Waals surface area (Å²) in [6, 6.07) is 9.19. The van der Waals surface area contributed by atoms with E-state index in [1.54, 1.807) is 6.07 Å². The summed E-state index contributed by atoms with van der Waals surface area (Å²) in [5, 5.41) is 5.91. The number of carbonyl (C=O) groups excluding carboxylic acids is 1. The first-order valence-electron chi connectivity index (χ1n) is 9.45. The fourth-order valence-corrected chi connectivity index (χ4v) is 5.29. The van der Waals surface area contributed by atoms with Gasteiger partial charge in [-0.05, 0) is 43.5 Å². The summed E-state index contributed by atoms with van der Waals surface area (Å²) >= 11 is 1.53. The van der Waals surface area contributed by atoms with Crippen molar-refractivity contribution in [1.82, 2.24) is 4.98 Å². The third kappa shape index (κ3) is 5.01. The summed E-state index contributed by atoms with van der Waals surface area (Å²) in [5.74, 6) is 0.794.